The number of hydrogen-bond donors (Lipinski definition) is 3. The van der Waals surface area contributed by atoms with Crippen LogP contribution in [0.15, 0.2) is 61.1 Å². The van der Waals surface area contributed by atoms with E-state index in [0.29, 0.717) is 43.0 Å². The lowest BCUT2D eigenvalue weighted by Gasteiger charge is -2.39. The molecule has 1 aliphatic heterocycles. The molecule has 13 heteroatoms. The number of aliphatic hydroxyl groups is 1. The number of amides is 2. The molecule has 47 heavy (non-hydrogen) atoms. The van der Waals surface area contributed by atoms with Crippen molar-refractivity contribution in [2.24, 2.45) is 0 Å². The van der Waals surface area contributed by atoms with Gasteiger partial charge in [-0.2, -0.15) is 10.2 Å². The lowest BCUT2D eigenvalue weighted by atomic mass is 9.85. The third kappa shape index (κ3) is 6.14. The highest BCUT2D eigenvalue weighted by atomic mass is 16.5. The van der Waals surface area contributed by atoms with E-state index >= 15 is 0 Å². The van der Waals surface area contributed by atoms with Crippen LogP contribution in [0.3, 0.4) is 0 Å². The van der Waals surface area contributed by atoms with Crippen molar-refractivity contribution in [3.8, 4) is 11.4 Å². The van der Waals surface area contributed by atoms with Gasteiger partial charge in [0.2, 0.25) is 5.95 Å². The van der Waals surface area contributed by atoms with E-state index < -0.39 is 0 Å². The number of nitrogens with zero attached hydrogens (tertiary/aromatic N) is 8. The van der Waals surface area contributed by atoms with Gasteiger partial charge in [-0.25, -0.2) is 9.48 Å². The van der Waals surface area contributed by atoms with Crippen LogP contribution in [0.4, 0.5) is 16.6 Å². The molecule has 1 fully saturated rings. The highest BCUT2D eigenvalue weighted by Gasteiger charge is 2.31. The zero-order chi connectivity index (χ0) is 32.5. The first-order valence-electron chi connectivity index (χ1n) is 16.6. The molecule has 5 aromatic rings. The Morgan fingerprint density at radius 3 is 2.62 bits per heavy atom. The van der Waals surface area contributed by atoms with Crippen molar-refractivity contribution >= 4 is 23.4 Å². The van der Waals surface area contributed by atoms with Crippen LogP contribution in [0.1, 0.15) is 81.8 Å². The maximum absolute atomic E-state index is 13.4. The second-order valence-electron chi connectivity index (χ2n) is 12.6. The summed E-state index contributed by atoms with van der Waals surface area (Å²) in [5.41, 5.74) is 4.43. The minimum Gasteiger partial charge on any atom is -0.484 e. The van der Waals surface area contributed by atoms with E-state index in [2.05, 4.69) is 61.9 Å². The summed E-state index contributed by atoms with van der Waals surface area (Å²) >= 11 is 0. The number of nitrogens with one attached hydrogen (secondary N) is 2. The Morgan fingerprint density at radius 2 is 1.83 bits per heavy atom. The van der Waals surface area contributed by atoms with Crippen LogP contribution in [0, 0.1) is 0 Å². The van der Waals surface area contributed by atoms with E-state index in [1.54, 1.807) is 21.8 Å². The molecule has 246 valence electrons. The van der Waals surface area contributed by atoms with Gasteiger partial charge in [-0.15, -0.1) is 10.2 Å². The second kappa shape index (κ2) is 13.1. The monoisotopic (exact) mass is 638 g/mol. The maximum atomic E-state index is 13.4. The van der Waals surface area contributed by atoms with Gasteiger partial charge in [-0.1, -0.05) is 31.2 Å². The minimum atomic E-state index is -0.317. The number of aryl methyl sites for hydroxylation is 1. The lowest BCUT2D eigenvalue weighted by molar-refractivity contribution is 0.171. The molecule has 3 N–H and O–H groups in total. The predicted octanol–water partition coefficient (Wildman–Crippen LogP) is 5.21. The molecule has 7 rings (SSSR count). The van der Waals surface area contributed by atoms with Gasteiger partial charge in [0.15, 0.2) is 5.65 Å². The van der Waals surface area contributed by atoms with Crippen molar-refractivity contribution in [2.45, 2.75) is 90.1 Å². The van der Waals surface area contributed by atoms with E-state index in [4.69, 9.17) is 4.74 Å². The highest BCUT2D eigenvalue weighted by molar-refractivity contribution is 5.89. The van der Waals surface area contributed by atoms with Gasteiger partial charge in [-0.05, 0) is 75.6 Å². The van der Waals surface area contributed by atoms with Crippen LogP contribution in [0.2, 0.25) is 0 Å². The van der Waals surface area contributed by atoms with Crippen LogP contribution in [-0.4, -0.2) is 64.0 Å². The van der Waals surface area contributed by atoms with Crippen LogP contribution < -0.4 is 20.3 Å². The summed E-state index contributed by atoms with van der Waals surface area (Å²) in [4.78, 5) is 15.8. The Hall–Kier alpha value is -4.91. The topological polar surface area (TPSA) is 140 Å². The number of urea groups is 1. The quantitative estimate of drug-likeness (QED) is 0.200. The van der Waals surface area contributed by atoms with Crippen molar-refractivity contribution in [1.82, 2.24) is 39.5 Å². The number of hydrogen-bond acceptors (Lipinski definition) is 8. The number of piperidine rings is 1. The molecule has 4 aromatic heterocycles. The summed E-state index contributed by atoms with van der Waals surface area (Å²) < 4.78 is 12.0. The molecule has 0 spiro atoms. The average Bonchev–Trinajstić information content (AvgIpc) is 3.81. The Morgan fingerprint density at radius 1 is 1.02 bits per heavy atom. The van der Waals surface area contributed by atoms with Gasteiger partial charge in [0, 0.05) is 18.2 Å². The summed E-state index contributed by atoms with van der Waals surface area (Å²) in [6.45, 7) is 6.89. The summed E-state index contributed by atoms with van der Waals surface area (Å²) in [5.74, 6) is 2.16. The SMILES string of the molecule is CCc1cc(NC(=O)NC2CC[C@@H](Oc3ccc4nnc(N5C(C)CCC[C@H]5C)n4c3)c3ccccc32)n(-c2cnn(CCO)c2)n1. The fourth-order valence-corrected chi connectivity index (χ4v) is 6.99. The molecular formula is C34H42N10O3. The molecule has 1 saturated heterocycles. The zero-order valence-electron chi connectivity index (χ0n) is 27.1. The maximum Gasteiger partial charge on any atom is 0.320 e. The van der Waals surface area contributed by atoms with Crippen LogP contribution in [0.25, 0.3) is 11.3 Å². The van der Waals surface area contributed by atoms with E-state index in [9.17, 15) is 9.90 Å². The van der Waals surface area contributed by atoms with Crippen molar-refractivity contribution in [3.05, 3.63) is 77.9 Å². The highest BCUT2D eigenvalue weighted by Crippen LogP contribution is 2.39. The Labute approximate surface area is 273 Å². The number of rotatable bonds is 9. The van der Waals surface area contributed by atoms with E-state index in [0.717, 1.165) is 53.4 Å². The number of benzene rings is 1. The molecule has 2 unspecified atom stereocenters. The summed E-state index contributed by atoms with van der Waals surface area (Å²) in [6.07, 6.45) is 11.0. The van der Waals surface area contributed by atoms with E-state index in [1.807, 2.05) is 47.9 Å². The minimum absolute atomic E-state index is 0.0155. The molecular weight excluding hydrogens is 596 g/mol. The molecule has 13 nitrogen and oxygen atoms in total. The number of fused-ring (bicyclic) bond motifs is 2. The number of aliphatic hydroxyl groups excluding tert-OH is 1. The number of carbonyl (C=O) groups is 1. The van der Waals surface area contributed by atoms with Crippen LogP contribution >= 0.6 is 0 Å². The smallest absolute Gasteiger partial charge is 0.320 e. The third-order valence-electron chi connectivity index (χ3n) is 9.36. The molecule has 4 atom stereocenters. The zero-order valence-corrected chi connectivity index (χ0v) is 27.1. The Kier molecular flexibility index (Phi) is 8.54. The van der Waals surface area contributed by atoms with Crippen molar-refractivity contribution in [3.63, 3.8) is 0 Å². The van der Waals surface area contributed by atoms with Crippen molar-refractivity contribution in [2.75, 3.05) is 16.8 Å². The van der Waals surface area contributed by atoms with Gasteiger partial charge in [0.05, 0.1) is 43.5 Å². The van der Waals surface area contributed by atoms with Crippen LogP contribution in [-0.2, 0) is 13.0 Å². The Balaban J connectivity index is 1.07. The molecule has 2 amide bonds. The van der Waals surface area contributed by atoms with E-state index in [1.165, 1.54) is 6.42 Å². The van der Waals surface area contributed by atoms with Crippen molar-refractivity contribution < 1.29 is 14.6 Å². The molecule has 2 aliphatic rings. The van der Waals surface area contributed by atoms with Gasteiger partial charge >= 0.3 is 6.03 Å². The number of aromatic nitrogens is 7. The largest absolute Gasteiger partial charge is 0.484 e. The van der Waals surface area contributed by atoms with Gasteiger partial charge in [-0.3, -0.25) is 14.4 Å². The standard InChI is InChI=1S/C34H42N10O3/c1-4-24-18-32(44(40-24)25-19-35-41(20-25)16-17-45)37-33(46)36-29-13-14-30(28-11-6-5-10-27(28)29)47-26-12-15-31-38-39-34(42(31)21-26)43-22(2)8-7-9-23(43)3/h5-6,10-12,15,18-23,29-30,45H,4,7-9,13-14,16-17H2,1-3H3,(H2,36,37,46)/t22-,23?,29?,30-/m1/s1. The summed E-state index contributed by atoms with van der Waals surface area (Å²) in [6, 6.07) is 14.2. The van der Waals surface area contributed by atoms with Gasteiger partial charge < -0.3 is 20.1 Å². The summed E-state index contributed by atoms with van der Waals surface area (Å²) in [7, 11) is 0. The number of anilines is 2. The number of pyridine rings is 1. The molecule has 5 heterocycles. The molecule has 1 aliphatic carbocycles. The lowest BCUT2D eigenvalue weighted by Crippen LogP contribution is -2.44. The molecule has 0 radical (unpaired) electrons. The Bertz CT molecular complexity index is 1850. The number of ether oxygens (including phenoxy) is 1. The first-order chi connectivity index (χ1) is 22.9. The third-order valence-corrected chi connectivity index (χ3v) is 9.36. The molecule has 0 bridgehead atoms. The number of carbonyl (C=O) groups excluding carboxylic acids is 1. The van der Waals surface area contributed by atoms with Gasteiger partial charge in [0.1, 0.15) is 23.4 Å². The van der Waals surface area contributed by atoms with Gasteiger partial charge in [0.25, 0.3) is 0 Å². The first-order valence-corrected chi connectivity index (χ1v) is 16.6. The molecule has 0 saturated carbocycles. The summed E-state index contributed by atoms with van der Waals surface area (Å²) in [5, 5.41) is 33.4. The first kappa shape index (κ1) is 30.7. The van der Waals surface area contributed by atoms with Crippen LogP contribution in [0.5, 0.6) is 5.75 Å². The fraction of sp³-hybridized carbons (Fsp3) is 0.441. The predicted molar refractivity (Wildman–Crippen MR) is 178 cm³/mol. The second-order valence-corrected chi connectivity index (χ2v) is 12.6. The fourth-order valence-electron chi connectivity index (χ4n) is 6.99. The normalized spacial score (nSPS) is 21.1. The van der Waals surface area contributed by atoms with E-state index in [-0.39, 0.29) is 24.8 Å². The molecule has 1 aromatic carbocycles. The van der Waals surface area contributed by atoms with Crippen molar-refractivity contribution in [1.29, 1.82) is 0 Å². The average molecular weight is 639 g/mol.